The lowest BCUT2D eigenvalue weighted by Crippen LogP contribution is -2.16. The van der Waals surface area contributed by atoms with Gasteiger partial charge in [0, 0.05) is 17.3 Å². The van der Waals surface area contributed by atoms with Gasteiger partial charge in [-0.3, -0.25) is 4.79 Å². The quantitative estimate of drug-likeness (QED) is 0.901. The predicted octanol–water partition coefficient (Wildman–Crippen LogP) is 2.98. The van der Waals surface area contributed by atoms with Crippen molar-refractivity contribution >= 4 is 23.2 Å². The Morgan fingerprint density at radius 3 is 2.37 bits per heavy atom. The molecule has 0 radical (unpaired) electrons. The Morgan fingerprint density at radius 1 is 1.05 bits per heavy atom. The predicted molar refractivity (Wildman–Crippen MR) is 78.1 cm³/mol. The van der Waals surface area contributed by atoms with Crippen molar-refractivity contribution in [3.63, 3.8) is 0 Å². The first kappa shape index (κ1) is 13.6. The standard InChI is InChI=1S/C15H15ClN2O/c16-13-7-3-1-5-11(13)9-15(19)18-14-8-4-2-6-12(14)10-17/h1-8H,9-10,17H2,(H,18,19). The molecule has 2 aromatic rings. The molecule has 0 saturated heterocycles. The van der Waals surface area contributed by atoms with E-state index in [1.165, 1.54) is 0 Å². The van der Waals surface area contributed by atoms with Crippen LogP contribution in [0.1, 0.15) is 11.1 Å². The van der Waals surface area contributed by atoms with E-state index in [2.05, 4.69) is 5.32 Å². The van der Waals surface area contributed by atoms with E-state index in [-0.39, 0.29) is 12.3 Å². The van der Waals surface area contributed by atoms with E-state index in [4.69, 9.17) is 17.3 Å². The van der Waals surface area contributed by atoms with E-state index in [9.17, 15) is 4.79 Å². The van der Waals surface area contributed by atoms with Gasteiger partial charge in [0.15, 0.2) is 0 Å². The van der Waals surface area contributed by atoms with Crippen molar-refractivity contribution in [1.29, 1.82) is 0 Å². The second-order valence-corrected chi connectivity index (χ2v) is 4.58. The van der Waals surface area contributed by atoms with Crippen molar-refractivity contribution in [2.75, 3.05) is 5.32 Å². The summed E-state index contributed by atoms with van der Waals surface area (Å²) in [5.74, 6) is -0.103. The Balaban J connectivity index is 2.08. The fourth-order valence-corrected chi connectivity index (χ4v) is 2.03. The summed E-state index contributed by atoms with van der Waals surface area (Å²) in [6.45, 7) is 0.391. The van der Waals surface area contributed by atoms with Crippen LogP contribution in [0.2, 0.25) is 5.02 Å². The van der Waals surface area contributed by atoms with Crippen LogP contribution in [0.4, 0.5) is 5.69 Å². The average molecular weight is 275 g/mol. The van der Waals surface area contributed by atoms with Gasteiger partial charge in [0.25, 0.3) is 0 Å². The van der Waals surface area contributed by atoms with Crippen LogP contribution in [0, 0.1) is 0 Å². The minimum atomic E-state index is -0.103. The van der Waals surface area contributed by atoms with Crippen LogP contribution in [-0.2, 0) is 17.8 Å². The van der Waals surface area contributed by atoms with Crippen molar-refractivity contribution in [1.82, 2.24) is 0 Å². The maximum absolute atomic E-state index is 12.0. The summed E-state index contributed by atoms with van der Waals surface area (Å²) in [4.78, 5) is 12.0. The van der Waals surface area contributed by atoms with E-state index in [1.807, 2.05) is 42.5 Å². The summed E-state index contributed by atoms with van der Waals surface area (Å²) in [6, 6.07) is 14.8. The van der Waals surface area contributed by atoms with Crippen LogP contribution in [-0.4, -0.2) is 5.91 Å². The molecule has 0 heterocycles. The number of nitrogens with one attached hydrogen (secondary N) is 1. The van der Waals surface area contributed by atoms with E-state index >= 15 is 0 Å². The molecule has 0 aliphatic carbocycles. The fraction of sp³-hybridized carbons (Fsp3) is 0.133. The Labute approximate surface area is 117 Å². The van der Waals surface area contributed by atoms with Gasteiger partial charge in [-0.2, -0.15) is 0 Å². The second-order valence-electron chi connectivity index (χ2n) is 4.18. The highest BCUT2D eigenvalue weighted by Gasteiger charge is 2.08. The minimum absolute atomic E-state index is 0.103. The number of anilines is 1. The third kappa shape index (κ3) is 3.56. The third-order valence-electron chi connectivity index (χ3n) is 2.82. The van der Waals surface area contributed by atoms with Gasteiger partial charge >= 0.3 is 0 Å². The molecule has 0 bridgehead atoms. The van der Waals surface area contributed by atoms with Crippen molar-refractivity contribution < 1.29 is 4.79 Å². The zero-order chi connectivity index (χ0) is 13.7. The zero-order valence-electron chi connectivity index (χ0n) is 10.4. The molecule has 0 unspecified atom stereocenters. The van der Waals surface area contributed by atoms with Crippen LogP contribution in [0.5, 0.6) is 0 Å². The van der Waals surface area contributed by atoms with Gasteiger partial charge in [-0.1, -0.05) is 48.0 Å². The maximum Gasteiger partial charge on any atom is 0.228 e. The zero-order valence-corrected chi connectivity index (χ0v) is 11.2. The van der Waals surface area contributed by atoms with Crippen molar-refractivity contribution in [3.8, 4) is 0 Å². The first-order valence-corrected chi connectivity index (χ1v) is 6.39. The van der Waals surface area contributed by atoms with Crippen LogP contribution < -0.4 is 11.1 Å². The Hall–Kier alpha value is -1.84. The number of benzene rings is 2. The molecular weight excluding hydrogens is 260 g/mol. The molecule has 3 nitrogen and oxygen atoms in total. The largest absolute Gasteiger partial charge is 0.326 e. The number of hydrogen-bond acceptors (Lipinski definition) is 2. The molecular formula is C15H15ClN2O. The maximum atomic E-state index is 12.0. The Kier molecular flexibility index (Phi) is 4.55. The molecule has 0 atom stereocenters. The second kappa shape index (κ2) is 6.36. The summed E-state index contributed by atoms with van der Waals surface area (Å²) in [7, 11) is 0. The van der Waals surface area contributed by atoms with Gasteiger partial charge in [-0.25, -0.2) is 0 Å². The number of amides is 1. The molecule has 98 valence electrons. The lowest BCUT2D eigenvalue weighted by Gasteiger charge is -2.10. The summed E-state index contributed by atoms with van der Waals surface area (Å²) in [5, 5.41) is 3.46. The molecule has 0 aliphatic heterocycles. The van der Waals surface area contributed by atoms with E-state index in [0.717, 1.165) is 16.8 Å². The highest BCUT2D eigenvalue weighted by molar-refractivity contribution is 6.31. The van der Waals surface area contributed by atoms with Gasteiger partial charge in [-0.15, -0.1) is 0 Å². The van der Waals surface area contributed by atoms with E-state index < -0.39 is 0 Å². The van der Waals surface area contributed by atoms with Crippen LogP contribution in [0.15, 0.2) is 48.5 Å². The van der Waals surface area contributed by atoms with Gasteiger partial charge < -0.3 is 11.1 Å². The Morgan fingerprint density at radius 2 is 1.68 bits per heavy atom. The topological polar surface area (TPSA) is 55.1 Å². The SMILES string of the molecule is NCc1ccccc1NC(=O)Cc1ccccc1Cl. The first-order valence-electron chi connectivity index (χ1n) is 6.02. The summed E-state index contributed by atoms with van der Waals surface area (Å²) in [5.41, 5.74) is 8.11. The van der Waals surface area contributed by atoms with Gasteiger partial charge in [0.1, 0.15) is 0 Å². The van der Waals surface area contributed by atoms with Crippen LogP contribution in [0.3, 0.4) is 0 Å². The van der Waals surface area contributed by atoms with E-state index in [1.54, 1.807) is 6.07 Å². The van der Waals surface area contributed by atoms with Crippen LogP contribution in [0.25, 0.3) is 0 Å². The van der Waals surface area contributed by atoms with Crippen molar-refractivity contribution in [3.05, 3.63) is 64.7 Å². The van der Waals surface area contributed by atoms with E-state index in [0.29, 0.717) is 11.6 Å². The lowest BCUT2D eigenvalue weighted by molar-refractivity contribution is -0.115. The third-order valence-corrected chi connectivity index (χ3v) is 3.19. The highest BCUT2D eigenvalue weighted by atomic mass is 35.5. The molecule has 0 aliphatic rings. The Bertz CT molecular complexity index is 584. The molecule has 19 heavy (non-hydrogen) atoms. The minimum Gasteiger partial charge on any atom is -0.326 e. The monoisotopic (exact) mass is 274 g/mol. The highest BCUT2D eigenvalue weighted by Crippen LogP contribution is 2.18. The molecule has 0 fully saturated rings. The number of carbonyl (C=O) groups is 1. The fourth-order valence-electron chi connectivity index (χ4n) is 1.83. The molecule has 3 N–H and O–H groups in total. The number of hydrogen-bond donors (Lipinski definition) is 2. The van der Waals surface area contributed by atoms with Crippen molar-refractivity contribution in [2.45, 2.75) is 13.0 Å². The number of halogens is 1. The smallest absolute Gasteiger partial charge is 0.228 e. The lowest BCUT2D eigenvalue weighted by atomic mass is 10.1. The van der Waals surface area contributed by atoms with Crippen LogP contribution >= 0.6 is 11.6 Å². The van der Waals surface area contributed by atoms with Crippen molar-refractivity contribution in [2.24, 2.45) is 5.73 Å². The first-order chi connectivity index (χ1) is 9.20. The summed E-state index contributed by atoms with van der Waals surface area (Å²) in [6.07, 6.45) is 0.249. The number of rotatable bonds is 4. The van der Waals surface area contributed by atoms with Gasteiger partial charge in [0.2, 0.25) is 5.91 Å². The van der Waals surface area contributed by atoms with Gasteiger partial charge in [0.05, 0.1) is 6.42 Å². The number of para-hydroxylation sites is 1. The van der Waals surface area contributed by atoms with Gasteiger partial charge in [-0.05, 0) is 23.3 Å². The molecule has 0 spiro atoms. The number of carbonyl (C=O) groups excluding carboxylic acids is 1. The molecule has 1 amide bonds. The summed E-state index contributed by atoms with van der Waals surface area (Å²) >= 11 is 6.03. The normalized spacial score (nSPS) is 10.2. The molecule has 2 rings (SSSR count). The summed E-state index contributed by atoms with van der Waals surface area (Å²) < 4.78 is 0. The average Bonchev–Trinajstić information content (AvgIpc) is 2.42. The molecule has 0 aromatic heterocycles. The number of nitrogens with two attached hydrogens (primary N) is 1. The molecule has 2 aromatic carbocycles. The molecule has 0 saturated carbocycles. The molecule has 4 heteroatoms.